The summed E-state index contributed by atoms with van der Waals surface area (Å²) in [6, 6.07) is 6.45. The Kier molecular flexibility index (Phi) is 6.11. The number of rotatable bonds is 7. The number of hydrogen-bond acceptors (Lipinski definition) is 3. The van der Waals surface area contributed by atoms with Gasteiger partial charge in [0.05, 0.1) is 6.61 Å². The van der Waals surface area contributed by atoms with Crippen LogP contribution in [0, 0.1) is 5.82 Å². The maximum Gasteiger partial charge on any atom is 0.123 e. The van der Waals surface area contributed by atoms with Crippen LogP contribution in [0.15, 0.2) is 24.3 Å². The van der Waals surface area contributed by atoms with Crippen molar-refractivity contribution in [3.05, 3.63) is 35.6 Å². The predicted octanol–water partition coefficient (Wildman–Crippen LogP) is 1.87. The summed E-state index contributed by atoms with van der Waals surface area (Å²) >= 11 is 0. The number of halogens is 1. The van der Waals surface area contributed by atoms with E-state index in [2.05, 4.69) is 5.32 Å². The normalized spacial score (nSPS) is 14.6. The number of nitrogens with one attached hydrogen (secondary N) is 1. The molecule has 0 aromatic heterocycles. The standard InChI is InChI=1S/C13H20FNO2/c1-10(11-3-5-12(14)6-4-11)15-13(9-16)7-8-17-2/h3-6,10,13,15-16H,7-9H2,1-2H3. The van der Waals surface area contributed by atoms with Gasteiger partial charge in [0.2, 0.25) is 0 Å². The molecular weight excluding hydrogens is 221 g/mol. The first kappa shape index (κ1) is 14.1. The summed E-state index contributed by atoms with van der Waals surface area (Å²) in [5.74, 6) is -0.237. The number of aliphatic hydroxyl groups excluding tert-OH is 1. The molecule has 1 aromatic rings. The molecule has 3 nitrogen and oxygen atoms in total. The van der Waals surface area contributed by atoms with Gasteiger partial charge in [-0.3, -0.25) is 0 Å². The van der Waals surface area contributed by atoms with E-state index in [4.69, 9.17) is 4.74 Å². The van der Waals surface area contributed by atoms with E-state index < -0.39 is 0 Å². The Morgan fingerprint density at radius 3 is 2.53 bits per heavy atom. The fourth-order valence-electron chi connectivity index (χ4n) is 1.69. The monoisotopic (exact) mass is 241 g/mol. The maximum absolute atomic E-state index is 12.8. The lowest BCUT2D eigenvalue weighted by Crippen LogP contribution is -2.35. The highest BCUT2D eigenvalue weighted by Crippen LogP contribution is 2.14. The van der Waals surface area contributed by atoms with Gasteiger partial charge in [-0.15, -0.1) is 0 Å². The molecule has 0 amide bonds. The van der Waals surface area contributed by atoms with Crippen LogP contribution in [0.2, 0.25) is 0 Å². The molecule has 1 aromatic carbocycles. The minimum Gasteiger partial charge on any atom is -0.395 e. The maximum atomic E-state index is 12.8. The van der Waals surface area contributed by atoms with Gasteiger partial charge in [0.1, 0.15) is 5.82 Å². The van der Waals surface area contributed by atoms with Crippen LogP contribution in [0.25, 0.3) is 0 Å². The topological polar surface area (TPSA) is 41.5 Å². The highest BCUT2D eigenvalue weighted by atomic mass is 19.1. The lowest BCUT2D eigenvalue weighted by molar-refractivity contribution is 0.156. The van der Waals surface area contributed by atoms with Crippen LogP contribution in [0.4, 0.5) is 4.39 Å². The second kappa shape index (κ2) is 7.37. The van der Waals surface area contributed by atoms with Crippen LogP contribution >= 0.6 is 0 Å². The second-order valence-electron chi connectivity index (χ2n) is 4.10. The van der Waals surface area contributed by atoms with Gasteiger partial charge in [-0.25, -0.2) is 4.39 Å². The first-order valence-electron chi connectivity index (χ1n) is 5.78. The summed E-state index contributed by atoms with van der Waals surface area (Å²) < 4.78 is 17.7. The zero-order valence-corrected chi connectivity index (χ0v) is 10.3. The van der Waals surface area contributed by atoms with Gasteiger partial charge in [-0.2, -0.15) is 0 Å². The van der Waals surface area contributed by atoms with E-state index in [0.29, 0.717) is 6.61 Å². The molecule has 2 atom stereocenters. The minimum atomic E-state index is -0.237. The molecule has 2 N–H and O–H groups in total. The lowest BCUT2D eigenvalue weighted by Gasteiger charge is -2.21. The van der Waals surface area contributed by atoms with Crippen molar-refractivity contribution in [3.63, 3.8) is 0 Å². The molecule has 0 heterocycles. The molecule has 0 saturated carbocycles. The molecule has 2 unspecified atom stereocenters. The fourth-order valence-corrected chi connectivity index (χ4v) is 1.69. The van der Waals surface area contributed by atoms with Crippen LogP contribution in [-0.2, 0) is 4.74 Å². The molecule has 0 bridgehead atoms. The van der Waals surface area contributed by atoms with Crippen LogP contribution in [-0.4, -0.2) is 31.5 Å². The lowest BCUT2D eigenvalue weighted by atomic mass is 10.1. The highest BCUT2D eigenvalue weighted by Gasteiger charge is 2.12. The fraction of sp³-hybridized carbons (Fsp3) is 0.538. The van der Waals surface area contributed by atoms with Crippen LogP contribution in [0.5, 0.6) is 0 Å². The van der Waals surface area contributed by atoms with E-state index in [-0.39, 0.29) is 24.5 Å². The van der Waals surface area contributed by atoms with Gasteiger partial charge < -0.3 is 15.2 Å². The van der Waals surface area contributed by atoms with Gasteiger partial charge in [0.15, 0.2) is 0 Å². The summed E-state index contributed by atoms with van der Waals surface area (Å²) in [7, 11) is 1.64. The third kappa shape index (κ3) is 4.81. The molecule has 0 aliphatic heterocycles. The van der Waals surface area contributed by atoms with Crippen molar-refractivity contribution < 1.29 is 14.2 Å². The largest absolute Gasteiger partial charge is 0.395 e. The zero-order valence-electron chi connectivity index (χ0n) is 10.3. The van der Waals surface area contributed by atoms with Gasteiger partial charge in [-0.1, -0.05) is 12.1 Å². The molecule has 0 spiro atoms. The number of methoxy groups -OCH3 is 1. The molecule has 0 aliphatic carbocycles. The van der Waals surface area contributed by atoms with Crippen LogP contribution in [0.3, 0.4) is 0 Å². The third-order valence-electron chi connectivity index (χ3n) is 2.75. The highest BCUT2D eigenvalue weighted by molar-refractivity contribution is 5.19. The van der Waals surface area contributed by atoms with Gasteiger partial charge in [-0.05, 0) is 31.0 Å². The third-order valence-corrected chi connectivity index (χ3v) is 2.75. The number of benzene rings is 1. The SMILES string of the molecule is COCCC(CO)NC(C)c1ccc(F)cc1. The van der Waals surface area contributed by atoms with Gasteiger partial charge in [0.25, 0.3) is 0 Å². The van der Waals surface area contributed by atoms with Crippen molar-refractivity contribution in [2.24, 2.45) is 0 Å². The molecule has 0 saturated heterocycles. The predicted molar refractivity (Wildman–Crippen MR) is 65.3 cm³/mol. The molecule has 0 radical (unpaired) electrons. The molecule has 0 fully saturated rings. The summed E-state index contributed by atoms with van der Waals surface area (Å²) in [4.78, 5) is 0. The average Bonchev–Trinajstić information content (AvgIpc) is 2.35. The Labute approximate surface area is 102 Å². The summed E-state index contributed by atoms with van der Waals surface area (Å²) in [5, 5.41) is 12.5. The zero-order chi connectivity index (χ0) is 12.7. The Bertz CT molecular complexity index is 316. The molecular formula is C13H20FNO2. The van der Waals surface area contributed by atoms with Crippen LogP contribution in [0.1, 0.15) is 24.9 Å². The first-order valence-corrected chi connectivity index (χ1v) is 5.78. The van der Waals surface area contributed by atoms with E-state index in [1.165, 1.54) is 12.1 Å². The average molecular weight is 241 g/mol. The molecule has 1 rings (SSSR count). The number of aliphatic hydroxyl groups is 1. The van der Waals surface area contributed by atoms with Crippen molar-refractivity contribution in [1.29, 1.82) is 0 Å². The Hall–Kier alpha value is -0.970. The number of ether oxygens (including phenoxy) is 1. The van der Waals surface area contributed by atoms with E-state index in [1.54, 1.807) is 19.2 Å². The Morgan fingerprint density at radius 2 is 2.00 bits per heavy atom. The molecule has 17 heavy (non-hydrogen) atoms. The second-order valence-corrected chi connectivity index (χ2v) is 4.10. The van der Waals surface area contributed by atoms with Crippen molar-refractivity contribution in [1.82, 2.24) is 5.32 Å². The first-order chi connectivity index (χ1) is 8.17. The quantitative estimate of drug-likeness (QED) is 0.765. The van der Waals surface area contributed by atoms with Crippen LogP contribution < -0.4 is 5.32 Å². The molecule has 4 heteroatoms. The number of hydrogen-bond donors (Lipinski definition) is 2. The summed E-state index contributed by atoms with van der Waals surface area (Å²) in [6.07, 6.45) is 0.749. The Morgan fingerprint density at radius 1 is 1.35 bits per heavy atom. The smallest absolute Gasteiger partial charge is 0.123 e. The Balaban J connectivity index is 2.51. The van der Waals surface area contributed by atoms with Crippen molar-refractivity contribution in [2.75, 3.05) is 20.3 Å². The van der Waals surface area contributed by atoms with Gasteiger partial charge >= 0.3 is 0 Å². The summed E-state index contributed by atoms with van der Waals surface area (Å²) in [6.45, 7) is 2.66. The van der Waals surface area contributed by atoms with E-state index in [1.807, 2.05) is 6.92 Å². The van der Waals surface area contributed by atoms with E-state index in [0.717, 1.165) is 12.0 Å². The van der Waals surface area contributed by atoms with Crippen molar-refractivity contribution in [3.8, 4) is 0 Å². The molecule has 0 aliphatic rings. The van der Waals surface area contributed by atoms with Gasteiger partial charge in [0, 0.05) is 25.8 Å². The summed E-state index contributed by atoms with van der Waals surface area (Å²) in [5.41, 5.74) is 1.00. The minimum absolute atomic E-state index is 0.00463. The molecule has 96 valence electrons. The van der Waals surface area contributed by atoms with E-state index >= 15 is 0 Å². The van der Waals surface area contributed by atoms with Crippen molar-refractivity contribution in [2.45, 2.75) is 25.4 Å². The van der Waals surface area contributed by atoms with Crippen molar-refractivity contribution >= 4 is 0 Å². The van der Waals surface area contributed by atoms with E-state index in [9.17, 15) is 9.50 Å².